The van der Waals surface area contributed by atoms with Crippen molar-refractivity contribution < 1.29 is 14.8 Å². The van der Waals surface area contributed by atoms with Crippen molar-refractivity contribution in [3.8, 4) is 0 Å². The number of rotatable bonds is 6. The predicted molar refractivity (Wildman–Crippen MR) is 95.6 cm³/mol. The molecule has 3 N–H and O–H groups in total. The van der Waals surface area contributed by atoms with E-state index in [0.29, 0.717) is 23.7 Å². The molecule has 0 radical (unpaired) electrons. The standard InChI is InChI=1S/C17H14ClN3O4/c18-13-2-1-3-15-16(13)10(9-20-15)6-7-19-14-5-4-11(21(24)25)8-12(14)17(22)23/h1-5,8-9,19-20H,6-7H2,(H,22,23). The number of carboxylic acid groups (broad SMARTS) is 1. The molecule has 0 bridgehead atoms. The number of non-ortho nitro benzene ring substituents is 1. The molecule has 0 fully saturated rings. The first-order valence-electron chi connectivity index (χ1n) is 7.47. The number of nitro groups is 1. The summed E-state index contributed by atoms with van der Waals surface area (Å²) in [6.45, 7) is 0.455. The summed E-state index contributed by atoms with van der Waals surface area (Å²) >= 11 is 6.23. The van der Waals surface area contributed by atoms with E-state index in [2.05, 4.69) is 10.3 Å². The number of nitro benzene ring substituents is 1. The van der Waals surface area contributed by atoms with Crippen LogP contribution in [0, 0.1) is 10.1 Å². The highest BCUT2D eigenvalue weighted by molar-refractivity contribution is 6.35. The van der Waals surface area contributed by atoms with E-state index >= 15 is 0 Å². The Morgan fingerprint density at radius 3 is 2.84 bits per heavy atom. The Balaban J connectivity index is 1.77. The number of carbonyl (C=O) groups is 1. The number of aromatic nitrogens is 1. The third kappa shape index (κ3) is 3.41. The Kier molecular flexibility index (Phi) is 4.58. The average Bonchev–Trinajstić information content (AvgIpc) is 2.99. The van der Waals surface area contributed by atoms with Gasteiger partial charge in [-0.25, -0.2) is 4.79 Å². The van der Waals surface area contributed by atoms with Crippen LogP contribution in [-0.2, 0) is 6.42 Å². The van der Waals surface area contributed by atoms with Crippen LogP contribution in [0.15, 0.2) is 42.6 Å². The first-order chi connectivity index (χ1) is 12.0. The van der Waals surface area contributed by atoms with Crippen LogP contribution in [0.5, 0.6) is 0 Å². The van der Waals surface area contributed by atoms with Gasteiger partial charge in [-0.3, -0.25) is 10.1 Å². The molecule has 0 spiro atoms. The molecule has 0 atom stereocenters. The Morgan fingerprint density at radius 2 is 2.12 bits per heavy atom. The van der Waals surface area contributed by atoms with Gasteiger partial charge in [0.2, 0.25) is 0 Å². The van der Waals surface area contributed by atoms with Gasteiger partial charge in [0.15, 0.2) is 0 Å². The highest BCUT2D eigenvalue weighted by Gasteiger charge is 2.16. The average molecular weight is 360 g/mol. The highest BCUT2D eigenvalue weighted by Crippen LogP contribution is 2.27. The van der Waals surface area contributed by atoms with Gasteiger partial charge in [-0.2, -0.15) is 0 Å². The summed E-state index contributed by atoms with van der Waals surface area (Å²) < 4.78 is 0. The van der Waals surface area contributed by atoms with Crippen LogP contribution in [0.1, 0.15) is 15.9 Å². The van der Waals surface area contributed by atoms with Gasteiger partial charge in [0.25, 0.3) is 5.69 Å². The maximum atomic E-state index is 11.3. The zero-order chi connectivity index (χ0) is 18.0. The molecule has 0 aliphatic heterocycles. The third-order valence-corrected chi connectivity index (χ3v) is 4.21. The van der Waals surface area contributed by atoms with Gasteiger partial charge in [0.05, 0.1) is 15.5 Å². The number of carboxylic acids is 1. The second-order valence-electron chi connectivity index (χ2n) is 5.45. The maximum Gasteiger partial charge on any atom is 0.338 e. The molecule has 0 amide bonds. The fourth-order valence-electron chi connectivity index (χ4n) is 2.71. The van der Waals surface area contributed by atoms with Crippen LogP contribution >= 0.6 is 11.6 Å². The summed E-state index contributed by atoms with van der Waals surface area (Å²) in [5, 5.41) is 24.6. The van der Waals surface area contributed by atoms with Gasteiger partial charge in [-0.05, 0) is 30.2 Å². The van der Waals surface area contributed by atoms with Crippen LogP contribution in [-0.4, -0.2) is 27.5 Å². The molecular weight excluding hydrogens is 346 g/mol. The zero-order valence-corrected chi connectivity index (χ0v) is 13.7. The van der Waals surface area contributed by atoms with Gasteiger partial charge in [0, 0.05) is 41.5 Å². The predicted octanol–water partition coefficient (Wildman–Crippen LogP) is 4.08. The lowest BCUT2D eigenvalue weighted by Crippen LogP contribution is -2.10. The first kappa shape index (κ1) is 16.8. The number of benzene rings is 2. The van der Waals surface area contributed by atoms with Crippen molar-refractivity contribution in [1.82, 2.24) is 4.98 Å². The molecule has 2 aromatic carbocycles. The second kappa shape index (κ2) is 6.82. The van der Waals surface area contributed by atoms with Crippen molar-refractivity contribution in [2.24, 2.45) is 0 Å². The van der Waals surface area contributed by atoms with E-state index in [0.717, 1.165) is 22.5 Å². The van der Waals surface area contributed by atoms with E-state index in [-0.39, 0.29) is 11.3 Å². The molecule has 3 aromatic rings. The first-order valence-corrected chi connectivity index (χ1v) is 7.85. The molecule has 25 heavy (non-hydrogen) atoms. The van der Waals surface area contributed by atoms with Crippen LogP contribution < -0.4 is 5.32 Å². The quantitative estimate of drug-likeness (QED) is 0.454. The minimum Gasteiger partial charge on any atom is -0.478 e. The van der Waals surface area contributed by atoms with E-state index in [1.165, 1.54) is 12.1 Å². The summed E-state index contributed by atoms with van der Waals surface area (Å²) in [6.07, 6.45) is 2.48. The Morgan fingerprint density at radius 1 is 1.32 bits per heavy atom. The van der Waals surface area contributed by atoms with E-state index in [1.807, 2.05) is 24.4 Å². The summed E-state index contributed by atoms with van der Waals surface area (Å²) in [5.41, 5.74) is 1.89. The summed E-state index contributed by atoms with van der Waals surface area (Å²) in [4.78, 5) is 24.6. The van der Waals surface area contributed by atoms with E-state index < -0.39 is 10.9 Å². The Labute approximate surface area is 147 Å². The van der Waals surface area contributed by atoms with E-state index in [1.54, 1.807) is 0 Å². The van der Waals surface area contributed by atoms with Crippen LogP contribution in [0.3, 0.4) is 0 Å². The smallest absolute Gasteiger partial charge is 0.338 e. The molecule has 0 saturated heterocycles. The molecule has 0 aliphatic carbocycles. The minimum atomic E-state index is -1.22. The molecule has 1 aromatic heterocycles. The van der Waals surface area contributed by atoms with Gasteiger partial charge in [-0.1, -0.05) is 17.7 Å². The number of halogens is 1. The zero-order valence-electron chi connectivity index (χ0n) is 13.0. The van der Waals surface area contributed by atoms with Gasteiger partial charge < -0.3 is 15.4 Å². The molecule has 128 valence electrons. The van der Waals surface area contributed by atoms with Crippen molar-refractivity contribution in [3.05, 3.63) is 68.9 Å². The van der Waals surface area contributed by atoms with Crippen molar-refractivity contribution in [2.45, 2.75) is 6.42 Å². The molecule has 1 heterocycles. The number of aromatic amines is 1. The fourth-order valence-corrected chi connectivity index (χ4v) is 3.01. The second-order valence-corrected chi connectivity index (χ2v) is 5.85. The highest BCUT2D eigenvalue weighted by atomic mass is 35.5. The number of H-pyrrole nitrogens is 1. The lowest BCUT2D eigenvalue weighted by molar-refractivity contribution is -0.384. The minimum absolute atomic E-state index is 0.133. The van der Waals surface area contributed by atoms with Gasteiger partial charge in [-0.15, -0.1) is 0 Å². The molecule has 3 rings (SSSR count). The largest absolute Gasteiger partial charge is 0.478 e. The molecule has 0 saturated carbocycles. The number of hydrogen-bond acceptors (Lipinski definition) is 4. The normalized spacial score (nSPS) is 10.8. The van der Waals surface area contributed by atoms with Crippen LogP contribution in [0.25, 0.3) is 10.9 Å². The van der Waals surface area contributed by atoms with E-state index in [9.17, 15) is 20.0 Å². The van der Waals surface area contributed by atoms with Gasteiger partial charge in [0.1, 0.15) is 0 Å². The number of anilines is 1. The van der Waals surface area contributed by atoms with Crippen molar-refractivity contribution in [1.29, 1.82) is 0 Å². The molecular formula is C17H14ClN3O4. The number of nitrogens with one attached hydrogen (secondary N) is 2. The van der Waals surface area contributed by atoms with Crippen LogP contribution in [0.4, 0.5) is 11.4 Å². The van der Waals surface area contributed by atoms with Gasteiger partial charge >= 0.3 is 5.97 Å². The number of hydrogen-bond donors (Lipinski definition) is 3. The fraction of sp³-hybridized carbons (Fsp3) is 0.118. The monoisotopic (exact) mass is 359 g/mol. The van der Waals surface area contributed by atoms with E-state index in [4.69, 9.17) is 11.6 Å². The summed E-state index contributed by atoms with van der Waals surface area (Å²) in [5.74, 6) is -1.22. The lowest BCUT2D eigenvalue weighted by Gasteiger charge is -2.09. The number of aromatic carboxylic acids is 1. The number of nitrogens with zero attached hydrogens (tertiary/aromatic N) is 1. The van der Waals surface area contributed by atoms with Crippen molar-refractivity contribution in [3.63, 3.8) is 0 Å². The molecule has 7 nitrogen and oxygen atoms in total. The summed E-state index contributed by atoms with van der Waals surface area (Å²) in [6, 6.07) is 9.33. The van der Waals surface area contributed by atoms with Crippen molar-refractivity contribution >= 4 is 39.8 Å². The molecule has 8 heteroatoms. The third-order valence-electron chi connectivity index (χ3n) is 3.89. The Bertz CT molecular complexity index is 968. The topological polar surface area (TPSA) is 108 Å². The molecule has 0 aliphatic rings. The maximum absolute atomic E-state index is 11.3. The summed E-state index contributed by atoms with van der Waals surface area (Å²) in [7, 11) is 0. The van der Waals surface area contributed by atoms with Crippen molar-refractivity contribution in [2.75, 3.05) is 11.9 Å². The number of fused-ring (bicyclic) bond motifs is 1. The SMILES string of the molecule is O=C(O)c1cc([N+](=O)[O-])ccc1NCCc1c[nH]c2cccc(Cl)c12. The lowest BCUT2D eigenvalue weighted by atomic mass is 10.1. The molecule has 0 unspecified atom stereocenters. The Hall–Kier alpha value is -3.06. The van der Waals surface area contributed by atoms with Crippen LogP contribution in [0.2, 0.25) is 5.02 Å².